The van der Waals surface area contributed by atoms with E-state index >= 15 is 0 Å². The number of carbonyl (C=O) groups excluding carboxylic acids is 1. The Morgan fingerprint density at radius 2 is 1.59 bits per heavy atom. The number of hydrogen-bond donors (Lipinski definition) is 1. The van der Waals surface area contributed by atoms with Gasteiger partial charge in [0.25, 0.3) is 5.69 Å². The van der Waals surface area contributed by atoms with Crippen LogP contribution in [0.2, 0.25) is 5.02 Å². The minimum atomic E-state index is -0.596. The molecule has 3 aromatic rings. The van der Waals surface area contributed by atoms with Crippen LogP contribution in [0.5, 0.6) is 11.5 Å². The first-order valence-corrected chi connectivity index (χ1v) is 8.53. The van der Waals surface area contributed by atoms with Crippen LogP contribution in [-0.2, 0) is 4.79 Å². The van der Waals surface area contributed by atoms with Crippen LogP contribution in [-0.4, -0.2) is 10.8 Å². The van der Waals surface area contributed by atoms with Crippen LogP contribution in [0.3, 0.4) is 0 Å². The lowest BCUT2D eigenvalue weighted by molar-refractivity contribution is -0.384. The van der Waals surface area contributed by atoms with E-state index in [9.17, 15) is 14.9 Å². The molecule has 0 unspecified atom stereocenters. The molecule has 1 heterocycles. The molecule has 0 saturated carbocycles. The van der Waals surface area contributed by atoms with Gasteiger partial charge in [-0.1, -0.05) is 48.0 Å². The molecular formula is C20H13ClN2O4. The van der Waals surface area contributed by atoms with Gasteiger partial charge in [0.05, 0.1) is 10.8 Å². The lowest BCUT2D eigenvalue weighted by Crippen LogP contribution is -2.25. The fraction of sp³-hybridized carbons (Fsp3) is 0.0500. The first kappa shape index (κ1) is 17.1. The molecule has 0 aromatic heterocycles. The Hall–Kier alpha value is -3.38. The summed E-state index contributed by atoms with van der Waals surface area (Å²) in [7, 11) is 0. The Labute approximate surface area is 159 Å². The van der Waals surface area contributed by atoms with E-state index in [-0.39, 0.29) is 16.6 Å². The normalized spacial score (nSPS) is 12.5. The number of nitrogens with one attached hydrogen (secondary N) is 1. The number of rotatable bonds is 3. The smallest absolute Gasteiger partial charge is 0.289 e. The fourth-order valence-electron chi connectivity index (χ4n) is 3.14. The van der Waals surface area contributed by atoms with E-state index in [1.807, 2.05) is 36.4 Å². The molecular weight excluding hydrogens is 368 g/mol. The van der Waals surface area contributed by atoms with E-state index in [1.54, 1.807) is 12.1 Å². The van der Waals surface area contributed by atoms with E-state index < -0.39 is 10.8 Å². The number of carbonyl (C=O) groups is 1. The second-order valence-electron chi connectivity index (χ2n) is 6.02. The zero-order valence-electron chi connectivity index (χ0n) is 13.9. The quantitative estimate of drug-likeness (QED) is 0.504. The van der Waals surface area contributed by atoms with Crippen LogP contribution < -0.4 is 10.1 Å². The topological polar surface area (TPSA) is 81.5 Å². The van der Waals surface area contributed by atoms with Crippen LogP contribution >= 0.6 is 11.6 Å². The number of amides is 1. The molecule has 134 valence electrons. The number of halogens is 1. The molecule has 6 nitrogen and oxygen atoms in total. The number of hydrogen-bond acceptors (Lipinski definition) is 4. The van der Waals surface area contributed by atoms with Crippen molar-refractivity contribution in [3.05, 3.63) is 93.0 Å². The van der Waals surface area contributed by atoms with Gasteiger partial charge in [0.15, 0.2) is 0 Å². The molecule has 27 heavy (non-hydrogen) atoms. The number of nitro groups is 1. The number of ether oxygens (including phenoxy) is 1. The Morgan fingerprint density at radius 3 is 2.19 bits per heavy atom. The molecule has 0 saturated heterocycles. The van der Waals surface area contributed by atoms with E-state index in [1.165, 1.54) is 18.2 Å². The molecule has 0 fully saturated rings. The molecule has 1 amide bonds. The molecule has 0 aliphatic carbocycles. The van der Waals surface area contributed by atoms with Gasteiger partial charge in [-0.3, -0.25) is 14.9 Å². The maximum atomic E-state index is 13.1. The third-order valence-electron chi connectivity index (χ3n) is 4.35. The van der Waals surface area contributed by atoms with Crippen molar-refractivity contribution in [3.8, 4) is 11.5 Å². The summed E-state index contributed by atoms with van der Waals surface area (Å²) in [5.41, 5.74) is 1.51. The molecule has 0 bridgehead atoms. The summed E-state index contributed by atoms with van der Waals surface area (Å²) in [6.45, 7) is 0. The second kappa shape index (κ2) is 6.74. The number of nitro benzene ring substituents is 1. The molecule has 1 aliphatic heterocycles. The summed E-state index contributed by atoms with van der Waals surface area (Å²) in [4.78, 5) is 23.6. The highest BCUT2D eigenvalue weighted by Gasteiger charge is 2.32. The Kier molecular flexibility index (Phi) is 4.25. The number of fused-ring (bicyclic) bond motifs is 2. The van der Waals surface area contributed by atoms with Gasteiger partial charge in [-0.25, -0.2) is 0 Å². The number of para-hydroxylation sites is 2. The highest BCUT2D eigenvalue weighted by Crippen LogP contribution is 2.44. The molecule has 0 radical (unpaired) electrons. The van der Waals surface area contributed by atoms with Crippen LogP contribution in [0, 0.1) is 10.1 Å². The van der Waals surface area contributed by atoms with Crippen molar-refractivity contribution in [2.45, 2.75) is 5.92 Å². The molecule has 1 aliphatic rings. The maximum Gasteiger partial charge on any atom is 0.289 e. The van der Waals surface area contributed by atoms with E-state index in [4.69, 9.17) is 16.3 Å². The number of nitrogens with zero attached hydrogens (tertiary/aromatic N) is 1. The zero-order chi connectivity index (χ0) is 19.0. The number of benzene rings is 3. The fourth-order valence-corrected chi connectivity index (χ4v) is 3.32. The third kappa shape index (κ3) is 3.11. The van der Waals surface area contributed by atoms with Crippen molar-refractivity contribution in [2.75, 3.05) is 5.32 Å². The summed E-state index contributed by atoms with van der Waals surface area (Å²) >= 11 is 5.84. The third-order valence-corrected chi connectivity index (χ3v) is 4.67. The van der Waals surface area contributed by atoms with Crippen LogP contribution in [0.1, 0.15) is 17.0 Å². The lowest BCUT2D eigenvalue weighted by Gasteiger charge is -2.27. The predicted octanol–water partition coefficient (Wildman–Crippen LogP) is 5.12. The predicted molar refractivity (Wildman–Crippen MR) is 102 cm³/mol. The number of anilines is 1. The van der Waals surface area contributed by atoms with Gasteiger partial charge in [0.2, 0.25) is 5.91 Å². The molecule has 0 atom stereocenters. The zero-order valence-corrected chi connectivity index (χ0v) is 14.6. The van der Waals surface area contributed by atoms with E-state index in [2.05, 4.69) is 5.32 Å². The highest BCUT2D eigenvalue weighted by molar-refractivity contribution is 6.32. The largest absolute Gasteiger partial charge is 0.457 e. The van der Waals surface area contributed by atoms with Crippen molar-refractivity contribution >= 4 is 28.9 Å². The SMILES string of the molecule is O=C(Nc1ccc(Cl)c([N+](=O)[O-])c1)C1c2ccccc2Oc2ccccc21. The van der Waals surface area contributed by atoms with Gasteiger partial charge in [-0.15, -0.1) is 0 Å². The summed E-state index contributed by atoms with van der Waals surface area (Å²) in [6, 6.07) is 18.8. The van der Waals surface area contributed by atoms with E-state index in [0.717, 1.165) is 11.1 Å². The van der Waals surface area contributed by atoms with Gasteiger partial charge in [-0.2, -0.15) is 0 Å². The molecule has 0 spiro atoms. The van der Waals surface area contributed by atoms with Gasteiger partial charge in [-0.05, 0) is 24.3 Å². The van der Waals surface area contributed by atoms with Gasteiger partial charge in [0.1, 0.15) is 16.5 Å². The maximum absolute atomic E-state index is 13.1. The van der Waals surface area contributed by atoms with E-state index in [0.29, 0.717) is 17.2 Å². The summed E-state index contributed by atoms with van der Waals surface area (Å²) in [5.74, 6) is 0.313. The summed E-state index contributed by atoms with van der Waals surface area (Å²) in [6.07, 6.45) is 0. The van der Waals surface area contributed by atoms with Crippen LogP contribution in [0.15, 0.2) is 66.7 Å². The van der Waals surface area contributed by atoms with Gasteiger partial charge >= 0.3 is 0 Å². The molecule has 1 N–H and O–H groups in total. The lowest BCUT2D eigenvalue weighted by atomic mass is 9.87. The van der Waals surface area contributed by atoms with Crippen molar-refractivity contribution in [1.29, 1.82) is 0 Å². The molecule has 7 heteroatoms. The average Bonchev–Trinajstić information content (AvgIpc) is 2.67. The highest BCUT2D eigenvalue weighted by atomic mass is 35.5. The van der Waals surface area contributed by atoms with Crippen molar-refractivity contribution in [3.63, 3.8) is 0 Å². The molecule has 3 aromatic carbocycles. The van der Waals surface area contributed by atoms with Gasteiger partial charge < -0.3 is 10.1 Å². The monoisotopic (exact) mass is 380 g/mol. The Morgan fingerprint density at radius 1 is 1.00 bits per heavy atom. The van der Waals surface area contributed by atoms with Crippen molar-refractivity contribution in [2.24, 2.45) is 0 Å². The first-order chi connectivity index (χ1) is 13.0. The Balaban J connectivity index is 1.72. The Bertz CT molecular complexity index is 1020. The summed E-state index contributed by atoms with van der Waals surface area (Å²) < 4.78 is 5.89. The second-order valence-corrected chi connectivity index (χ2v) is 6.43. The van der Waals surface area contributed by atoms with Crippen LogP contribution in [0.4, 0.5) is 11.4 Å². The first-order valence-electron chi connectivity index (χ1n) is 8.15. The minimum Gasteiger partial charge on any atom is -0.457 e. The van der Waals surface area contributed by atoms with Crippen molar-refractivity contribution in [1.82, 2.24) is 0 Å². The minimum absolute atomic E-state index is 0.0137. The van der Waals surface area contributed by atoms with Crippen molar-refractivity contribution < 1.29 is 14.5 Å². The average molecular weight is 381 g/mol. The molecule has 4 rings (SSSR count). The summed E-state index contributed by atoms with van der Waals surface area (Å²) in [5, 5.41) is 13.9. The standard InChI is InChI=1S/C20H13ClN2O4/c21-15-10-9-12(11-16(15)23(25)26)22-20(24)19-13-5-1-3-7-17(13)27-18-8-4-2-6-14(18)19/h1-11,19H,(H,22,24). The van der Waals surface area contributed by atoms with Crippen LogP contribution in [0.25, 0.3) is 0 Å². The van der Waals surface area contributed by atoms with Gasteiger partial charge in [0, 0.05) is 22.9 Å².